The molecule has 0 atom stereocenters. The van der Waals surface area contributed by atoms with Crippen LogP contribution in [0.1, 0.15) is 35.9 Å². The summed E-state index contributed by atoms with van der Waals surface area (Å²) in [6, 6.07) is 1.79. The molecule has 2 heterocycles. The Balaban J connectivity index is 2.08. The van der Waals surface area contributed by atoms with Gasteiger partial charge in [-0.1, -0.05) is 0 Å². The molecular weight excluding hydrogens is 258 g/mol. The number of aryl methyl sites for hydroxylation is 2. The number of aromatic nitrogens is 2. The molecule has 0 aromatic carbocycles. The summed E-state index contributed by atoms with van der Waals surface area (Å²) in [5.41, 5.74) is 0.561. The van der Waals surface area contributed by atoms with E-state index in [2.05, 4.69) is 5.10 Å². The predicted molar refractivity (Wildman–Crippen MR) is 74.6 cm³/mol. The van der Waals surface area contributed by atoms with E-state index >= 15 is 0 Å². The van der Waals surface area contributed by atoms with Gasteiger partial charge in [0.15, 0.2) is 0 Å². The van der Waals surface area contributed by atoms with Crippen molar-refractivity contribution in [2.75, 3.05) is 26.8 Å². The number of likely N-dealkylation sites (N-methyl/N-ethyl adjacent to an activating group) is 1. The van der Waals surface area contributed by atoms with Gasteiger partial charge in [0.2, 0.25) is 0 Å². The Morgan fingerprint density at radius 1 is 1.55 bits per heavy atom. The van der Waals surface area contributed by atoms with Crippen LogP contribution in [0.25, 0.3) is 0 Å². The van der Waals surface area contributed by atoms with E-state index in [0.717, 1.165) is 5.69 Å². The number of carbonyl (C=O) groups excluding carboxylic acids is 1. The zero-order valence-electron chi connectivity index (χ0n) is 12.4. The van der Waals surface area contributed by atoms with Crippen LogP contribution in [0.4, 0.5) is 0 Å². The lowest BCUT2D eigenvalue weighted by molar-refractivity contribution is -0.0735. The fourth-order valence-corrected chi connectivity index (χ4v) is 2.58. The summed E-state index contributed by atoms with van der Waals surface area (Å²) in [5, 5.41) is 14.8. The minimum atomic E-state index is -0.839. The summed E-state index contributed by atoms with van der Waals surface area (Å²) in [5.74, 6) is -0.104. The fourth-order valence-electron chi connectivity index (χ4n) is 2.58. The van der Waals surface area contributed by atoms with Gasteiger partial charge >= 0.3 is 0 Å². The molecule has 1 aliphatic heterocycles. The van der Waals surface area contributed by atoms with Gasteiger partial charge in [0, 0.05) is 46.2 Å². The standard InChI is InChI=1S/C14H23N3O3/c1-4-17-12(9-11(2)15-17)13(18)16(3)10-14(19)5-7-20-8-6-14/h9,19H,4-8,10H2,1-3H3. The highest BCUT2D eigenvalue weighted by Crippen LogP contribution is 2.22. The number of rotatable bonds is 4. The highest BCUT2D eigenvalue weighted by Gasteiger charge is 2.33. The van der Waals surface area contributed by atoms with Crippen molar-refractivity contribution >= 4 is 5.91 Å². The summed E-state index contributed by atoms with van der Waals surface area (Å²) >= 11 is 0. The van der Waals surface area contributed by atoms with Crippen LogP contribution in [-0.2, 0) is 11.3 Å². The first-order chi connectivity index (χ1) is 9.45. The summed E-state index contributed by atoms with van der Waals surface area (Å²) in [6.07, 6.45) is 1.13. The third-order valence-corrected chi connectivity index (χ3v) is 3.72. The van der Waals surface area contributed by atoms with E-state index in [-0.39, 0.29) is 5.91 Å². The summed E-state index contributed by atoms with van der Waals surface area (Å²) < 4.78 is 6.95. The van der Waals surface area contributed by atoms with Gasteiger partial charge in [0.1, 0.15) is 5.69 Å². The molecule has 0 saturated carbocycles. The van der Waals surface area contributed by atoms with Gasteiger partial charge < -0.3 is 14.7 Å². The van der Waals surface area contributed by atoms with Gasteiger partial charge in [-0.2, -0.15) is 5.10 Å². The SMILES string of the molecule is CCn1nc(C)cc1C(=O)N(C)CC1(O)CCOCC1. The zero-order valence-corrected chi connectivity index (χ0v) is 12.4. The second-order valence-corrected chi connectivity index (χ2v) is 5.48. The van der Waals surface area contributed by atoms with Crippen LogP contribution in [0.2, 0.25) is 0 Å². The van der Waals surface area contributed by atoms with Crippen LogP contribution in [0.3, 0.4) is 0 Å². The average Bonchev–Trinajstić information content (AvgIpc) is 2.79. The highest BCUT2D eigenvalue weighted by atomic mass is 16.5. The Bertz CT molecular complexity index is 478. The molecule has 1 fully saturated rings. The first-order valence-electron chi connectivity index (χ1n) is 7.05. The molecule has 6 nitrogen and oxygen atoms in total. The smallest absolute Gasteiger partial charge is 0.271 e. The molecule has 1 N–H and O–H groups in total. The Morgan fingerprint density at radius 3 is 2.80 bits per heavy atom. The topological polar surface area (TPSA) is 67.6 Å². The van der Waals surface area contributed by atoms with E-state index in [0.29, 0.717) is 44.8 Å². The van der Waals surface area contributed by atoms with Crippen LogP contribution < -0.4 is 0 Å². The minimum absolute atomic E-state index is 0.104. The van der Waals surface area contributed by atoms with Crippen LogP contribution in [0, 0.1) is 6.92 Å². The first-order valence-corrected chi connectivity index (χ1v) is 7.05. The van der Waals surface area contributed by atoms with Crippen molar-refractivity contribution in [3.05, 3.63) is 17.5 Å². The number of ether oxygens (including phenoxy) is 1. The average molecular weight is 281 g/mol. The number of amides is 1. The normalized spacial score (nSPS) is 18.0. The predicted octanol–water partition coefficient (Wildman–Crippen LogP) is 0.825. The van der Waals surface area contributed by atoms with E-state index in [9.17, 15) is 9.90 Å². The van der Waals surface area contributed by atoms with Crippen molar-refractivity contribution in [3.8, 4) is 0 Å². The molecule has 0 unspecified atom stereocenters. The molecule has 0 aliphatic carbocycles. The molecule has 0 spiro atoms. The minimum Gasteiger partial charge on any atom is -0.388 e. The lowest BCUT2D eigenvalue weighted by Gasteiger charge is -2.35. The molecule has 6 heteroatoms. The molecule has 1 saturated heterocycles. The molecular formula is C14H23N3O3. The van der Waals surface area contributed by atoms with Crippen LogP contribution in [0.15, 0.2) is 6.07 Å². The Morgan fingerprint density at radius 2 is 2.20 bits per heavy atom. The summed E-state index contributed by atoms with van der Waals surface area (Å²) in [4.78, 5) is 14.1. The second kappa shape index (κ2) is 5.93. The Hall–Kier alpha value is -1.40. The molecule has 1 aromatic heterocycles. The highest BCUT2D eigenvalue weighted by molar-refractivity contribution is 5.92. The lowest BCUT2D eigenvalue weighted by Crippen LogP contribution is -2.47. The maximum Gasteiger partial charge on any atom is 0.271 e. The number of aliphatic hydroxyl groups is 1. The molecule has 1 amide bonds. The second-order valence-electron chi connectivity index (χ2n) is 5.48. The van der Waals surface area contributed by atoms with Crippen molar-refractivity contribution in [2.45, 2.75) is 38.8 Å². The van der Waals surface area contributed by atoms with E-state index in [1.165, 1.54) is 0 Å². The summed E-state index contributed by atoms with van der Waals surface area (Å²) in [7, 11) is 1.72. The fraction of sp³-hybridized carbons (Fsp3) is 0.714. The maximum atomic E-state index is 12.5. The van der Waals surface area contributed by atoms with E-state index in [1.54, 1.807) is 22.7 Å². The van der Waals surface area contributed by atoms with Gasteiger partial charge in [-0.25, -0.2) is 0 Å². The van der Waals surface area contributed by atoms with Gasteiger partial charge in [-0.15, -0.1) is 0 Å². The maximum absolute atomic E-state index is 12.5. The lowest BCUT2D eigenvalue weighted by atomic mass is 9.94. The van der Waals surface area contributed by atoms with Crippen molar-refractivity contribution in [1.29, 1.82) is 0 Å². The van der Waals surface area contributed by atoms with Gasteiger partial charge in [-0.3, -0.25) is 9.48 Å². The van der Waals surface area contributed by atoms with E-state index in [1.807, 2.05) is 13.8 Å². The van der Waals surface area contributed by atoms with Crippen molar-refractivity contribution < 1.29 is 14.6 Å². The van der Waals surface area contributed by atoms with E-state index < -0.39 is 5.60 Å². The third kappa shape index (κ3) is 3.19. The van der Waals surface area contributed by atoms with E-state index in [4.69, 9.17) is 4.74 Å². The van der Waals surface area contributed by atoms with Gasteiger partial charge in [-0.05, 0) is 19.9 Å². The molecule has 1 aromatic rings. The van der Waals surface area contributed by atoms with Crippen molar-refractivity contribution in [1.82, 2.24) is 14.7 Å². The van der Waals surface area contributed by atoms with Crippen LogP contribution in [0.5, 0.6) is 0 Å². The van der Waals surface area contributed by atoms with Crippen molar-refractivity contribution in [2.24, 2.45) is 0 Å². The monoisotopic (exact) mass is 281 g/mol. The number of hydrogen-bond donors (Lipinski definition) is 1. The van der Waals surface area contributed by atoms with Crippen LogP contribution >= 0.6 is 0 Å². The molecule has 112 valence electrons. The van der Waals surface area contributed by atoms with Crippen molar-refractivity contribution in [3.63, 3.8) is 0 Å². The molecule has 20 heavy (non-hydrogen) atoms. The zero-order chi connectivity index (χ0) is 14.8. The molecule has 0 radical (unpaired) electrons. The third-order valence-electron chi connectivity index (χ3n) is 3.72. The molecule has 1 aliphatic rings. The molecule has 0 bridgehead atoms. The van der Waals surface area contributed by atoms with Gasteiger partial charge in [0.25, 0.3) is 5.91 Å². The quantitative estimate of drug-likeness (QED) is 0.887. The van der Waals surface area contributed by atoms with Crippen LogP contribution in [-0.4, -0.2) is 58.1 Å². The largest absolute Gasteiger partial charge is 0.388 e. The first kappa shape index (κ1) is 15.0. The Labute approximate surface area is 119 Å². The molecule has 2 rings (SSSR count). The summed E-state index contributed by atoms with van der Waals surface area (Å²) in [6.45, 7) is 5.89. The number of carbonyl (C=O) groups is 1. The van der Waals surface area contributed by atoms with Gasteiger partial charge in [0.05, 0.1) is 11.3 Å². The number of hydrogen-bond acceptors (Lipinski definition) is 4. The Kier molecular flexibility index (Phi) is 4.45. The number of nitrogens with zero attached hydrogens (tertiary/aromatic N) is 3.